The molecule has 3 unspecified atom stereocenters. The van der Waals surface area contributed by atoms with Gasteiger partial charge in [-0.15, -0.1) is 0 Å². The van der Waals surface area contributed by atoms with Crippen LogP contribution >= 0.6 is 0 Å². The molecule has 1 aliphatic heterocycles. The topological polar surface area (TPSA) is 131 Å². The standard InChI is InChI=1S/C34H36N4O6S/c1-4-22-15-23-9-5-6-12-29(23)38-33(30(16-22)36-25-17-26(42-2)20-27(18-25)43-3)35-21-32(39)45(41)28-11-7-10-24(19-28)37-34(40)31-13-8-14-44-31/h5-14,17-20,22,30,36H,4,15-16,21H2,1-3H3,(H,35,38)(H,37,40). The van der Waals surface area contributed by atoms with Gasteiger partial charge in [0.25, 0.3) is 5.91 Å². The Morgan fingerprint density at radius 1 is 0.978 bits per heavy atom. The highest BCUT2D eigenvalue weighted by atomic mass is 32.2. The van der Waals surface area contributed by atoms with Gasteiger partial charge in [0.2, 0.25) is 5.12 Å². The van der Waals surface area contributed by atoms with Gasteiger partial charge >= 0.3 is 0 Å². The zero-order chi connectivity index (χ0) is 31.8. The number of nitrogens with one attached hydrogen (secondary N) is 3. The number of hydrogen-bond donors (Lipinski definition) is 3. The van der Waals surface area contributed by atoms with Crippen LogP contribution in [0.15, 0.2) is 99.4 Å². The van der Waals surface area contributed by atoms with Crippen molar-refractivity contribution in [1.82, 2.24) is 0 Å². The van der Waals surface area contributed by atoms with Crippen LogP contribution in [0.4, 0.5) is 17.1 Å². The third-order valence-electron chi connectivity index (χ3n) is 7.59. The van der Waals surface area contributed by atoms with E-state index < -0.39 is 21.8 Å². The summed E-state index contributed by atoms with van der Waals surface area (Å²) in [6, 6.07) is 22.9. The number of benzene rings is 3. The monoisotopic (exact) mass is 628 g/mol. The summed E-state index contributed by atoms with van der Waals surface area (Å²) in [5.74, 6) is 1.87. The number of aliphatic imine (C=N–C) groups is 1. The zero-order valence-electron chi connectivity index (χ0n) is 25.4. The molecule has 11 heteroatoms. The van der Waals surface area contributed by atoms with E-state index in [1.54, 1.807) is 44.6 Å². The molecular formula is C34H36N4O6S. The lowest BCUT2D eigenvalue weighted by Crippen LogP contribution is -2.39. The van der Waals surface area contributed by atoms with Crippen LogP contribution in [0.1, 0.15) is 35.9 Å². The fourth-order valence-electron chi connectivity index (χ4n) is 5.19. The number of carbonyl (C=O) groups is 2. The third kappa shape index (κ3) is 7.98. The van der Waals surface area contributed by atoms with E-state index in [0.29, 0.717) is 28.9 Å². The number of hydrogen-bond acceptors (Lipinski definition) is 8. The highest BCUT2D eigenvalue weighted by Crippen LogP contribution is 2.31. The van der Waals surface area contributed by atoms with E-state index >= 15 is 0 Å². The summed E-state index contributed by atoms with van der Waals surface area (Å²) in [5, 5.41) is 9.17. The van der Waals surface area contributed by atoms with Crippen molar-refractivity contribution in [2.45, 2.75) is 37.1 Å². The molecule has 1 amide bonds. The normalized spacial score (nSPS) is 17.6. The van der Waals surface area contributed by atoms with Gasteiger partial charge in [-0.05, 0) is 60.7 Å². The van der Waals surface area contributed by atoms with Gasteiger partial charge in [0.05, 0.1) is 26.5 Å². The Bertz CT molecular complexity index is 1680. The van der Waals surface area contributed by atoms with Crippen LogP contribution in [-0.4, -0.2) is 47.9 Å². The van der Waals surface area contributed by atoms with Crippen LogP contribution in [0.5, 0.6) is 11.5 Å². The first-order valence-electron chi connectivity index (χ1n) is 14.6. The second-order valence-corrected chi connectivity index (χ2v) is 12.1. The molecule has 0 radical (unpaired) electrons. The van der Waals surface area contributed by atoms with Crippen molar-refractivity contribution in [2.75, 3.05) is 36.7 Å². The predicted octanol–water partition coefficient (Wildman–Crippen LogP) is 6.15. The van der Waals surface area contributed by atoms with E-state index in [0.717, 1.165) is 30.6 Å². The van der Waals surface area contributed by atoms with E-state index in [4.69, 9.17) is 18.9 Å². The SMILES string of the molecule is CCC1Cc2ccccc2NC(=NCC(=O)S(=O)c2cccc(NC(=O)c3ccco3)c2)C(Nc2cc(OC)cc(OC)c2)C1. The van der Waals surface area contributed by atoms with E-state index in [2.05, 4.69) is 28.9 Å². The maximum atomic E-state index is 13.3. The molecule has 3 atom stereocenters. The van der Waals surface area contributed by atoms with Crippen molar-refractivity contribution in [2.24, 2.45) is 10.9 Å². The molecule has 234 valence electrons. The summed E-state index contributed by atoms with van der Waals surface area (Å²) in [7, 11) is 1.18. The highest BCUT2D eigenvalue weighted by Gasteiger charge is 2.26. The van der Waals surface area contributed by atoms with Crippen LogP contribution in [0.25, 0.3) is 0 Å². The number of methoxy groups -OCH3 is 2. The summed E-state index contributed by atoms with van der Waals surface area (Å²) in [4.78, 5) is 30.6. The Morgan fingerprint density at radius 2 is 1.76 bits per heavy atom. The number of fused-ring (bicyclic) bond motifs is 1. The first-order valence-corrected chi connectivity index (χ1v) is 15.8. The number of amides is 1. The van der Waals surface area contributed by atoms with E-state index in [1.165, 1.54) is 24.0 Å². The molecule has 0 saturated carbocycles. The van der Waals surface area contributed by atoms with Crippen LogP contribution in [0, 0.1) is 5.92 Å². The van der Waals surface area contributed by atoms with Gasteiger partial charge in [-0.3, -0.25) is 14.6 Å². The van der Waals surface area contributed by atoms with Gasteiger partial charge in [-0.2, -0.15) is 0 Å². The molecule has 45 heavy (non-hydrogen) atoms. The van der Waals surface area contributed by atoms with Gasteiger partial charge in [-0.1, -0.05) is 37.6 Å². The number of rotatable bonds is 10. The fourth-order valence-corrected chi connectivity index (χ4v) is 6.07. The average molecular weight is 629 g/mol. The van der Waals surface area contributed by atoms with Crippen molar-refractivity contribution in [3.05, 3.63) is 96.4 Å². The van der Waals surface area contributed by atoms with Gasteiger partial charge in [0.15, 0.2) is 5.76 Å². The molecule has 3 aromatic carbocycles. The van der Waals surface area contributed by atoms with Gasteiger partial charge in [-0.25, -0.2) is 4.21 Å². The number of ether oxygens (including phenoxy) is 2. The van der Waals surface area contributed by atoms with Crippen LogP contribution < -0.4 is 25.4 Å². The second kappa shape index (κ2) is 14.7. The largest absolute Gasteiger partial charge is 0.497 e. The van der Waals surface area contributed by atoms with Crippen LogP contribution in [-0.2, 0) is 22.0 Å². The van der Waals surface area contributed by atoms with E-state index in [9.17, 15) is 13.8 Å². The number of amidine groups is 1. The zero-order valence-corrected chi connectivity index (χ0v) is 26.2. The molecule has 0 fully saturated rings. The first kappa shape index (κ1) is 31.5. The predicted molar refractivity (Wildman–Crippen MR) is 176 cm³/mol. The number of anilines is 3. The minimum Gasteiger partial charge on any atom is -0.497 e. The molecule has 0 aliphatic carbocycles. The average Bonchev–Trinajstić information content (AvgIpc) is 3.61. The fraction of sp³-hybridized carbons (Fsp3) is 0.265. The summed E-state index contributed by atoms with van der Waals surface area (Å²) in [6.07, 6.45) is 3.99. The smallest absolute Gasteiger partial charge is 0.291 e. The minimum atomic E-state index is -2.02. The summed E-state index contributed by atoms with van der Waals surface area (Å²) in [5.41, 5.74) is 3.25. The Kier molecular flexibility index (Phi) is 10.3. The molecule has 1 aromatic heterocycles. The van der Waals surface area contributed by atoms with Gasteiger partial charge in [0.1, 0.15) is 34.7 Å². The third-order valence-corrected chi connectivity index (χ3v) is 8.82. The van der Waals surface area contributed by atoms with Gasteiger partial charge < -0.3 is 29.8 Å². The van der Waals surface area contributed by atoms with Crippen molar-refractivity contribution < 1.29 is 27.7 Å². The van der Waals surface area contributed by atoms with Crippen molar-refractivity contribution in [3.8, 4) is 11.5 Å². The van der Waals surface area contributed by atoms with E-state index in [-0.39, 0.29) is 23.2 Å². The van der Waals surface area contributed by atoms with Gasteiger partial charge in [0, 0.05) is 40.2 Å². The van der Waals surface area contributed by atoms with Crippen LogP contribution in [0.2, 0.25) is 0 Å². The Labute approximate surface area is 264 Å². The first-order chi connectivity index (χ1) is 21.9. The molecule has 4 aromatic rings. The maximum absolute atomic E-state index is 13.3. The summed E-state index contributed by atoms with van der Waals surface area (Å²) >= 11 is 0. The summed E-state index contributed by atoms with van der Waals surface area (Å²) < 4.78 is 29.4. The lowest BCUT2D eigenvalue weighted by atomic mass is 9.87. The quantitative estimate of drug-likeness (QED) is 0.191. The number of nitrogens with zero attached hydrogens (tertiary/aromatic N) is 1. The number of furan rings is 1. The lowest BCUT2D eigenvalue weighted by Gasteiger charge is -2.31. The van der Waals surface area contributed by atoms with Crippen molar-refractivity contribution >= 4 is 44.7 Å². The molecule has 5 rings (SSSR count). The Morgan fingerprint density at radius 3 is 2.47 bits per heavy atom. The van der Waals surface area contributed by atoms with E-state index in [1.807, 2.05) is 30.3 Å². The molecule has 1 aliphatic rings. The molecule has 0 spiro atoms. The molecule has 0 saturated heterocycles. The number of para-hydroxylation sites is 1. The Balaban J connectivity index is 1.40. The molecule has 0 bridgehead atoms. The van der Waals surface area contributed by atoms with Crippen LogP contribution in [0.3, 0.4) is 0 Å². The molecular weight excluding hydrogens is 592 g/mol. The summed E-state index contributed by atoms with van der Waals surface area (Å²) in [6.45, 7) is 1.86. The highest BCUT2D eigenvalue weighted by molar-refractivity contribution is 8.00. The Hall–Kier alpha value is -4.90. The maximum Gasteiger partial charge on any atom is 0.291 e. The van der Waals surface area contributed by atoms with Crippen molar-refractivity contribution in [3.63, 3.8) is 0 Å². The minimum absolute atomic E-state index is 0.141. The molecule has 3 N–H and O–H groups in total. The lowest BCUT2D eigenvalue weighted by molar-refractivity contribution is -0.110. The molecule has 2 heterocycles. The molecule has 10 nitrogen and oxygen atoms in total. The number of carbonyl (C=O) groups excluding carboxylic acids is 2. The van der Waals surface area contributed by atoms with Crippen molar-refractivity contribution in [1.29, 1.82) is 0 Å². The second-order valence-electron chi connectivity index (χ2n) is 10.6.